The molecule has 5 rings (SSSR count). The van der Waals surface area contributed by atoms with Gasteiger partial charge in [0.15, 0.2) is 11.6 Å². The number of halogens is 1. The molecule has 0 aliphatic carbocycles. The molecular formula is C27H27BrN6. The molecule has 34 heavy (non-hydrogen) atoms. The Bertz CT molecular complexity index is 1190. The molecule has 1 aromatic heterocycles. The minimum absolute atomic E-state index is 0.222. The van der Waals surface area contributed by atoms with Crippen LogP contribution in [0.1, 0.15) is 17.2 Å². The van der Waals surface area contributed by atoms with Crippen LogP contribution in [0.5, 0.6) is 0 Å². The van der Waals surface area contributed by atoms with Crippen LogP contribution in [0.25, 0.3) is 0 Å². The number of rotatable bonds is 6. The van der Waals surface area contributed by atoms with Crippen LogP contribution in [0.4, 0.5) is 23.0 Å². The van der Waals surface area contributed by atoms with Crippen molar-refractivity contribution >= 4 is 38.9 Å². The van der Waals surface area contributed by atoms with Crippen LogP contribution in [0, 0.1) is 0 Å². The SMILES string of the molecule is Nc1c(Nc2ccccc2Br)ncnc1N1CCN(C(c2ccccc2)c2ccccc2)CC1. The highest BCUT2D eigenvalue weighted by atomic mass is 79.9. The lowest BCUT2D eigenvalue weighted by molar-refractivity contribution is 0.212. The first-order chi connectivity index (χ1) is 16.7. The van der Waals surface area contributed by atoms with E-state index in [1.165, 1.54) is 11.1 Å². The number of nitrogens with two attached hydrogens (primary N) is 1. The second-order valence-electron chi connectivity index (χ2n) is 8.31. The minimum atomic E-state index is 0.222. The minimum Gasteiger partial charge on any atom is -0.393 e. The second-order valence-corrected chi connectivity index (χ2v) is 9.17. The molecule has 4 aromatic rings. The van der Waals surface area contributed by atoms with E-state index in [0.717, 1.165) is 42.2 Å². The van der Waals surface area contributed by atoms with E-state index in [4.69, 9.17) is 5.73 Å². The van der Waals surface area contributed by atoms with Crippen LogP contribution in [0.3, 0.4) is 0 Å². The summed E-state index contributed by atoms with van der Waals surface area (Å²) in [7, 11) is 0. The van der Waals surface area contributed by atoms with Gasteiger partial charge in [-0.1, -0.05) is 72.8 Å². The van der Waals surface area contributed by atoms with Crippen molar-refractivity contribution in [3.8, 4) is 0 Å². The number of aromatic nitrogens is 2. The monoisotopic (exact) mass is 514 g/mol. The Morgan fingerprint density at radius 2 is 1.35 bits per heavy atom. The smallest absolute Gasteiger partial charge is 0.159 e. The van der Waals surface area contributed by atoms with Gasteiger partial charge in [0, 0.05) is 30.7 Å². The van der Waals surface area contributed by atoms with Gasteiger partial charge >= 0.3 is 0 Å². The first-order valence-corrected chi connectivity index (χ1v) is 12.2. The Kier molecular flexibility index (Phi) is 6.74. The highest BCUT2D eigenvalue weighted by molar-refractivity contribution is 9.10. The molecule has 0 radical (unpaired) electrons. The molecule has 6 nitrogen and oxygen atoms in total. The van der Waals surface area contributed by atoms with E-state index in [1.54, 1.807) is 6.33 Å². The van der Waals surface area contributed by atoms with Crippen molar-refractivity contribution in [1.29, 1.82) is 0 Å². The lowest BCUT2D eigenvalue weighted by atomic mass is 9.96. The van der Waals surface area contributed by atoms with Crippen molar-refractivity contribution in [2.45, 2.75) is 6.04 Å². The molecule has 3 N–H and O–H groups in total. The van der Waals surface area contributed by atoms with Crippen molar-refractivity contribution in [2.24, 2.45) is 0 Å². The Morgan fingerprint density at radius 3 is 1.97 bits per heavy atom. The summed E-state index contributed by atoms with van der Waals surface area (Å²) >= 11 is 3.57. The van der Waals surface area contributed by atoms with Gasteiger partial charge in [0.2, 0.25) is 0 Å². The van der Waals surface area contributed by atoms with Crippen LogP contribution >= 0.6 is 15.9 Å². The fourth-order valence-electron chi connectivity index (χ4n) is 4.50. The van der Waals surface area contributed by atoms with Gasteiger partial charge in [-0.15, -0.1) is 0 Å². The Labute approximate surface area is 208 Å². The number of piperazine rings is 1. The van der Waals surface area contributed by atoms with E-state index >= 15 is 0 Å². The highest BCUT2D eigenvalue weighted by Gasteiger charge is 2.28. The number of anilines is 4. The zero-order valence-corrected chi connectivity index (χ0v) is 20.4. The molecule has 0 atom stereocenters. The Balaban J connectivity index is 1.34. The van der Waals surface area contributed by atoms with Crippen molar-refractivity contribution < 1.29 is 0 Å². The molecular weight excluding hydrogens is 488 g/mol. The Hall–Kier alpha value is -3.42. The third kappa shape index (κ3) is 4.76. The standard InChI is InChI=1S/C27H27BrN6/c28-22-13-7-8-14-23(22)32-26-24(29)27(31-19-30-26)34-17-15-33(16-18-34)25(20-9-3-1-4-10-20)21-11-5-2-6-12-21/h1-14,19,25H,15-18,29H2,(H,30,31,32). The fourth-order valence-corrected chi connectivity index (χ4v) is 4.89. The molecule has 0 unspecified atom stereocenters. The molecule has 7 heteroatoms. The zero-order chi connectivity index (χ0) is 23.3. The molecule has 3 aromatic carbocycles. The number of nitrogen functional groups attached to an aromatic ring is 1. The lowest BCUT2D eigenvalue weighted by Gasteiger charge is -2.40. The summed E-state index contributed by atoms with van der Waals surface area (Å²) < 4.78 is 0.955. The number of benzene rings is 3. The van der Waals surface area contributed by atoms with Crippen molar-refractivity contribution in [3.05, 3.63) is 107 Å². The van der Waals surface area contributed by atoms with E-state index < -0.39 is 0 Å². The van der Waals surface area contributed by atoms with Crippen molar-refractivity contribution in [2.75, 3.05) is 42.1 Å². The molecule has 1 fully saturated rings. The van der Waals surface area contributed by atoms with Gasteiger partial charge in [0.25, 0.3) is 0 Å². The largest absolute Gasteiger partial charge is 0.393 e. The molecule has 0 saturated carbocycles. The molecule has 2 heterocycles. The molecule has 0 bridgehead atoms. The van der Waals surface area contributed by atoms with Crippen molar-refractivity contribution in [3.63, 3.8) is 0 Å². The molecule has 172 valence electrons. The molecule has 0 spiro atoms. The fraction of sp³-hybridized carbons (Fsp3) is 0.185. The summed E-state index contributed by atoms with van der Waals surface area (Å²) in [5.74, 6) is 1.39. The maximum atomic E-state index is 6.53. The predicted octanol–water partition coefficient (Wildman–Crippen LogP) is 5.48. The van der Waals surface area contributed by atoms with E-state index in [2.05, 4.69) is 102 Å². The van der Waals surface area contributed by atoms with Crippen LogP contribution in [0.2, 0.25) is 0 Å². The summed E-state index contributed by atoms with van der Waals surface area (Å²) in [6, 6.07) is 29.6. The van der Waals surface area contributed by atoms with Crippen LogP contribution in [-0.2, 0) is 0 Å². The van der Waals surface area contributed by atoms with Gasteiger partial charge in [0.1, 0.15) is 12.0 Å². The van der Waals surface area contributed by atoms with Crippen LogP contribution in [0.15, 0.2) is 95.7 Å². The summed E-state index contributed by atoms with van der Waals surface area (Å²) in [6.45, 7) is 3.49. The first kappa shape index (κ1) is 22.4. The maximum absolute atomic E-state index is 6.53. The zero-order valence-electron chi connectivity index (χ0n) is 18.8. The molecule has 1 aliphatic rings. The maximum Gasteiger partial charge on any atom is 0.159 e. The van der Waals surface area contributed by atoms with E-state index in [1.807, 2.05) is 24.3 Å². The number of hydrogen-bond acceptors (Lipinski definition) is 6. The summed E-state index contributed by atoms with van der Waals surface area (Å²) in [4.78, 5) is 13.7. The average molecular weight is 515 g/mol. The third-order valence-electron chi connectivity index (χ3n) is 6.20. The number of nitrogens with one attached hydrogen (secondary N) is 1. The third-order valence-corrected chi connectivity index (χ3v) is 6.89. The highest BCUT2D eigenvalue weighted by Crippen LogP contribution is 2.34. The summed E-state index contributed by atoms with van der Waals surface area (Å²) in [5.41, 5.74) is 10.6. The molecule has 1 saturated heterocycles. The molecule has 0 amide bonds. The van der Waals surface area contributed by atoms with Gasteiger partial charge in [-0.05, 0) is 39.2 Å². The van der Waals surface area contributed by atoms with Gasteiger partial charge in [-0.25, -0.2) is 9.97 Å². The van der Waals surface area contributed by atoms with E-state index in [-0.39, 0.29) is 6.04 Å². The Morgan fingerprint density at radius 1 is 0.765 bits per heavy atom. The van der Waals surface area contributed by atoms with Crippen LogP contribution < -0.4 is 16.0 Å². The lowest BCUT2D eigenvalue weighted by Crippen LogP contribution is -2.48. The van der Waals surface area contributed by atoms with Gasteiger partial charge in [-0.2, -0.15) is 0 Å². The topological polar surface area (TPSA) is 70.3 Å². The first-order valence-electron chi connectivity index (χ1n) is 11.4. The summed E-state index contributed by atoms with van der Waals surface area (Å²) in [6.07, 6.45) is 1.58. The molecule has 1 aliphatic heterocycles. The van der Waals surface area contributed by atoms with E-state index in [9.17, 15) is 0 Å². The van der Waals surface area contributed by atoms with Crippen molar-refractivity contribution in [1.82, 2.24) is 14.9 Å². The van der Waals surface area contributed by atoms with Gasteiger partial charge in [-0.3, -0.25) is 4.90 Å². The quantitative estimate of drug-likeness (QED) is 0.355. The predicted molar refractivity (Wildman–Crippen MR) is 142 cm³/mol. The summed E-state index contributed by atoms with van der Waals surface area (Å²) in [5, 5.41) is 3.33. The van der Waals surface area contributed by atoms with E-state index in [0.29, 0.717) is 11.5 Å². The second kappa shape index (κ2) is 10.2. The van der Waals surface area contributed by atoms with Gasteiger partial charge in [0.05, 0.1) is 11.7 Å². The number of nitrogens with zero attached hydrogens (tertiary/aromatic N) is 4. The average Bonchev–Trinajstić information content (AvgIpc) is 2.89. The number of hydrogen-bond donors (Lipinski definition) is 2. The van der Waals surface area contributed by atoms with Crippen LogP contribution in [-0.4, -0.2) is 41.0 Å². The number of para-hydroxylation sites is 1. The normalized spacial score (nSPS) is 14.4. The van der Waals surface area contributed by atoms with Gasteiger partial charge < -0.3 is 16.0 Å².